The van der Waals surface area contributed by atoms with Crippen molar-refractivity contribution in [1.82, 2.24) is 10.2 Å². The van der Waals surface area contributed by atoms with Crippen LogP contribution in [0, 0.1) is 5.82 Å². The smallest absolute Gasteiger partial charge is 0.257 e. The number of halogens is 1. The zero-order valence-corrected chi connectivity index (χ0v) is 13.9. The molecule has 0 saturated carbocycles. The Labute approximate surface area is 144 Å². The Kier molecular flexibility index (Phi) is 5.03. The van der Waals surface area contributed by atoms with Crippen molar-refractivity contribution >= 4 is 11.9 Å². The molecule has 0 radical (unpaired) electrons. The number of nitrogens with zero attached hydrogens (tertiary/aromatic N) is 4. The van der Waals surface area contributed by atoms with Crippen LogP contribution in [0.25, 0.3) is 11.5 Å². The van der Waals surface area contributed by atoms with Crippen LogP contribution in [0.15, 0.2) is 58.1 Å². The third-order valence-corrected chi connectivity index (χ3v) is 3.43. The Morgan fingerprint density at radius 1 is 1.08 bits per heavy atom. The van der Waals surface area contributed by atoms with Gasteiger partial charge in [0, 0.05) is 25.3 Å². The molecular formula is C18H17FN4O2. The molecule has 2 aromatic carbocycles. The van der Waals surface area contributed by atoms with Crippen molar-refractivity contribution < 1.29 is 13.6 Å². The third-order valence-electron chi connectivity index (χ3n) is 3.43. The summed E-state index contributed by atoms with van der Waals surface area (Å²) in [4.78, 5) is 7.19. The van der Waals surface area contributed by atoms with Crippen LogP contribution in [0.4, 0.5) is 10.1 Å². The lowest BCUT2D eigenvalue weighted by atomic mass is 10.2. The fourth-order valence-electron chi connectivity index (χ4n) is 2.07. The van der Waals surface area contributed by atoms with Gasteiger partial charge in [-0.3, -0.25) is 0 Å². The number of hydrogen-bond acceptors (Lipinski definition) is 6. The molecule has 0 unspecified atom stereocenters. The molecule has 7 heteroatoms. The van der Waals surface area contributed by atoms with Crippen molar-refractivity contribution in [1.29, 1.82) is 0 Å². The molecule has 0 bridgehead atoms. The van der Waals surface area contributed by atoms with Gasteiger partial charge in [-0.05, 0) is 42.0 Å². The van der Waals surface area contributed by atoms with Gasteiger partial charge >= 0.3 is 0 Å². The molecule has 0 aliphatic rings. The van der Waals surface area contributed by atoms with E-state index in [9.17, 15) is 4.39 Å². The topological polar surface area (TPSA) is 63.8 Å². The molecule has 0 aliphatic heterocycles. The summed E-state index contributed by atoms with van der Waals surface area (Å²) in [6, 6.07) is 13.7. The molecule has 128 valence electrons. The van der Waals surface area contributed by atoms with Gasteiger partial charge in [0.05, 0.1) is 6.21 Å². The van der Waals surface area contributed by atoms with E-state index in [0.29, 0.717) is 17.3 Å². The van der Waals surface area contributed by atoms with Crippen molar-refractivity contribution in [2.24, 2.45) is 5.16 Å². The first-order valence-electron chi connectivity index (χ1n) is 7.63. The largest absolute Gasteiger partial charge is 0.417 e. The van der Waals surface area contributed by atoms with E-state index < -0.39 is 0 Å². The van der Waals surface area contributed by atoms with Gasteiger partial charge in [-0.15, -0.1) is 10.2 Å². The SMILES string of the molecule is CN(C)c1ccc(/C=N\OCc2nnc(-c3ccc(F)cc3)o2)cc1. The van der Waals surface area contributed by atoms with Crippen molar-refractivity contribution in [3.63, 3.8) is 0 Å². The van der Waals surface area contributed by atoms with Crippen LogP contribution >= 0.6 is 0 Å². The second-order valence-electron chi connectivity index (χ2n) is 5.50. The first-order chi connectivity index (χ1) is 12.1. The van der Waals surface area contributed by atoms with E-state index >= 15 is 0 Å². The van der Waals surface area contributed by atoms with E-state index in [-0.39, 0.29) is 12.4 Å². The average Bonchev–Trinajstić information content (AvgIpc) is 3.09. The van der Waals surface area contributed by atoms with Crippen LogP contribution in [-0.4, -0.2) is 30.5 Å². The first-order valence-corrected chi connectivity index (χ1v) is 7.63. The van der Waals surface area contributed by atoms with Crippen LogP contribution < -0.4 is 4.90 Å². The second kappa shape index (κ2) is 7.57. The minimum atomic E-state index is -0.320. The Balaban J connectivity index is 1.54. The number of aromatic nitrogens is 2. The van der Waals surface area contributed by atoms with Gasteiger partial charge in [0.2, 0.25) is 5.89 Å². The molecule has 1 heterocycles. The molecule has 0 spiro atoms. The van der Waals surface area contributed by atoms with E-state index in [2.05, 4.69) is 15.4 Å². The van der Waals surface area contributed by atoms with Gasteiger partial charge in [-0.1, -0.05) is 17.3 Å². The zero-order chi connectivity index (χ0) is 17.6. The Bertz CT molecular complexity index is 842. The minimum absolute atomic E-state index is 0.0560. The molecule has 0 amide bonds. The number of oxime groups is 1. The minimum Gasteiger partial charge on any atom is -0.417 e. The molecule has 25 heavy (non-hydrogen) atoms. The summed E-state index contributed by atoms with van der Waals surface area (Å²) in [5, 5.41) is 11.7. The average molecular weight is 340 g/mol. The summed E-state index contributed by atoms with van der Waals surface area (Å²) < 4.78 is 18.4. The van der Waals surface area contributed by atoms with E-state index in [4.69, 9.17) is 9.25 Å². The molecular weight excluding hydrogens is 323 g/mol. The van der Waals surface area contributed by atoms with Crippen molar-refractivity contribution in [2.45, 2.75) is 6.61 Å². The van der Waals surface area contributed by atoms with Gasteiger partial charge in [0.25, 0.3) is 5.89 Å². The maximum Gasteiger partial charge on any atom is 0.257 e. The number of rotatable bonds is 6. The molecule has 3 rings (SSSR count). The predicted molar refractivity (Wildman–Crippen MR) is 92.8 cm³/mol. The van der Waals surface area contributed by atoms with E-state index in [0.717, 1.165) is 11.3 Å². The molecule has 0 atom stereocenters. The Morgan fingerprint density at radius 2 is 1.80 bits per heavy atom. The summed E-state index contributed by atoms with van der Waals surface area (Å²) in [7, 11) is 3.97. The number of anilines is 1. The highest BCUT2D eigenvalue weighted by Gasteiger charge is 2.08. The van der Waals surface area contributed by atoms with Crippen molar-refractivity contribution in [3.05, 3.63) is 65.8 Å². The van der Waals surface area contributed by atoms with Gasteiger partial charge in [0.15, 0.2) is 6.61 Å². The molecule has 1 aromatic heterocycles. The lowest BCUT2D eigenvalue weighted by Gasteiger charge is -2.11. The standard InChI is InChI=1S/C18H17FN4O2/c1-23(2)16-9-3-13(4-10-16)11-20-24-12-17-21-22-18(25-17)14-5-7-15(19)8-6-14/h3-11H,12H2,1-2H3/b20-11-. The van der Waals surface area contributed by atoms with E-state index in [1.54, 1.807) is 18.3 Å². The van der Waals surface area contributed by atoms with Crippen LogP contribution in [0.5, 0.6) is 0 Å². The quantitative estimate of drug-likeness (QED) is 0.508. The van der Waals surface area contributed by atoms with Gasteiger partial charge < -0.3 is 14.2 Å². The van der Waals surface area contributed by atoms with Gasteiger partial charge in [-0.2, -0.15) is 0 Å². The number of benzene rings is 2. The van der Waals surface area contributed by atoms with E-state index in [1.165, 1.54) is 12.1 Å². The predicted octanol–water partition coefficient (Wildman–Crippen LogP) is 3.49. The molecule has 0 N–H and O–H groups in total. The molecule has 0 aliphatic carbocycles. The van der Waals surface area contributed by atoms with E-state index in [1.807, 2.05) is 43.3 Å². The van der Waals surface area contributed by atoms with Crippen molar-refractivity contribution in [3.8, 4) is 11.5 Å². The fraction of sp³-hybridized carbons (Fsp3) is 0.167. The summed E-state index contributed by atoms with van der Waals surface area (Å²) >= 11 is 0. The second-order valence-corrected chi connectivity index (χ2v) is 5.50. The lowest BCUT2D eigenvalue weighted by Crippen LogP contribution is -2.08. The Hall–Kier alpha value is -3.22. The number of hydrogen-bond donors (Lipinski definition) is 0. The zero-order valence-electron chi connectivity index (χ0n) is 13.9. The molecule has 6 nitrogen and oxygen atoms in total. The highest BCUT2D eigenvalue weighted by molar-refractivity contribution is 5.79. The van der Waals surface area contributed by atoms with Gasteiger partial charge in [0.1, 0.15) is 5.82 Å². The highest BCUT2D eigenvalue weighted by Crippen LogP contribution is 2.18. The molecule has 3 aromatic rings. The highest BCUT2D eigenvalue weighted by atomic mass is 19.1. The summed E-state index contributed by atoms with van der Waals surface area (Å²) in [6.45, 7) is 0.0560. The third kappa shape index (κ3) is 4.41. The summed E-state index contributed by atoms with van der Waals surface area (Å²) in [5.74, 6) is 0.279. The van der Waals surface area contributed by atoms with Crippen LogP contribution in [-0.2, 0) is 11.4 Å². The van der Waals surface area contributed by atoms with Crippen molar-refractivity contribution in [2.75, 3.05) is 19.0 Å². The maximum absolute atomic E-state index is 12.9. The normalized spacial score (nSPS) is 11.0. The summed E-state index contributed by atoms with van der Waals surface area (Å²) in [6.07, 6.45) is 1.61. The maximum atomic E-state index is 12.9. The van der Waals surface area contributed by atoms with Crippen LogP contribution in [0.1, 0.15) is 11.5 Å². The lowest BCUT2D eigenvalue weighted by molar-refractivity contribution is 0.112. The fourth-order valence-corrected chi connectivity index (χ4v) is 2.07. The first kappa shape index (κ1) is 16.6. The van der Waals surface area contributed by atoms with Gasteiger partial charge in [-0.25, -0.2) is 4.39 Å². The monoisotopic (exact) mass is 340 g/mol. The molecule has 0 saturated heterocycles. The Morgan fingerprint density at radius 3 is 2.48 bits per heavy atom. The van der Waals surface area contributed by atoms with Crippen LogP contribution in [0.3, 0.4) is 0 Å². The summed E-state index contributed by atoms with van der Waals surface area (Å²) in [5.41, 5.74) is 2.67. The van der Waals surface area contributed by atoms with Crippen LogP contribution in [0.2, 0.25) is 0 Å². The molecule has 0 fully saturated rings.